The minimum atomic E-state index is -1.46. The zero-order valence-corrected chi connectivity index (χ0v) is 19.1. The van der Waals surface area contributed by atoms with E-state index in [4.69, 9.17) is 9.47 Å². The highest BCUT2D eigenvalue weighted by molar-refractivity contribution is 6.05. The average Bonchev–Trinajstić information content (AvgIpc) is 2.81. The number of carbonyl (C=O) groups excluding carboxylic acids is 1. The van der Waals surface area contributed by atoms with E-state index in [-0.39, 0.29) is 29.1 Å². The number of carbonyl (C=O) groups is 2. The maximum Gasteiger partial charge on any atom is 0.358 e. The number of benzene rings is 1. The summed E-state index contributed by atoms with van der Waals surface area (Å²) >= 11 is 0. The summed E-state index contributed by atoms with van der Waals surface area (Å²) in [6, 6.07) is 7.57. The first-order valence-electron chi connectivity index (χ1n) is 10.2. The van der Waals surface area contributed by atoms with Crippen LogP contribution >= 0.6 is 0 Å². The molecule has 0 unspecified atom stereocenters. The lowest BCUT2D eigenvalue weighted by molar-refractivity contribution is -0.119. The Morgan fingerprint density at radius 3 is 2.38 bits per heavy atom. The fourth-order valence-corrected chi connectivity index (χ4v) is 2.90. The Kier molecular flexibility index (Phi) is 10.3. The third-order valence-corrected chi connectivity index (χ3v) is 4.49. The van der Waals surface area contributed by atoms with E-state index in [1.54, 1.807) is 25.3 Å². The van der Waals surface area contributed by atoms with Crippen LogP contribution in [0.3, 0.4) is 0 Å². The Balaban J connectivity index is 0.000000604. The van der Waals surface area contributed by atoms with Crippen molar-refractivity contribution in [2.45, 2.75) is 6.42 Å². The van der Waals surface area contributed by atoms with Crippen LogP contribution < -0.4 is 10.6 Å². The number of likely N-dealkylation sites (N-methyl/N-ethyl adjacent to an activating group) is 1. The number of carboxylic acid groups (broad SMARTS) is 1. The molecule has 0 atom stereocenters. The number of fused-ring (bicyclic) bond motifs is 1. The quantitative estimate of drug-likeness (QED) is 0.343. The molecule has 2 aromatic heterocycles. The number of aromatic nitrogens is 2. The predicted molar refractivity (Wildman–Crippen MR) is 124 cm³/mol. The summed E-state index contributed by atoms with van der Waals surface area (Å²) in [5.41, 5.74) is 0.888. The van der Waals surface area contributed by atoms with E-state index in [1.165, 1.54) is 25.4 Å². The van der Waals surface area contributed by atoms with Crippen molar-refractivity contribution < 1.29 is 33.7 Å². The van der Waals surface area contributed by atoms with Crippen LogP contribution in [0, 0.1) is 5.82 Å². The highest BCUT2D eigenvalue weighted by Gasteiger charge is 2.21. The van der Waals surface area contributed by atoms with Crippen LogP contribution in [-0.2, 0) is 20.7 Å². The topological polar surface area (TPSA) is 143 Å². The van der Waals surface area contributed by atoms with Gasteiger partial charge in [-0.15, -0.1) is 0 Å². The van der Waals surface area contributed by atoms with Crippen molar-refractivity contribution in [2.75, 3.05) is 46.3 Å². The van der Waals surface area contributed by atoms with Crippen LogP contribution in [0.2, 0.25) is 0 Å². The predicted octanol–water partition coefficient (Wildman–Crippen LogP) is 2.20. The average molecular weight is 474 g/mol. The van der Waals surface area contributed by atoms with Gasteiger partial charge in [-0.3, -0.25) is 9.78 Å². The maximum atomic E-state index is 13.1. The van der Waals surface area contributed by atoms with Crippen LogP contribution in [0.15, 0.2) is 36.5 Å². The molecule has 1 aromatic carbocycles. The summed E-state index contributed by atoms with van der Waals surface area (Å²) in [5.74, 6) is -3.00. The second-order valence-electron chi connectivity index (χ2n) is 7.08. The van der Waals surface area contributed by atoms with Gasteiger partial charge in [0.15, 0.2) is 11.4 Å². The lowest BCUT2D eigenvalue weighted by Gasteiger charge is -2.12. The van der Waals surface area contributed by atoms with Crippen molar-refractivity contribution in [1.82, 2.24) is 15.3 Å². The lowest BCUT2D eigenvalue weighted by atomic mass is 10.0. The molecule has 0 aliphatic carbocycles. The molecule has 0 aliphatic heterocycles. The maximum absolute atomic E-state index is 13.1. The molecule has 2 heterocycles. The SMILES string of the molecule is CNCCOC.COCC(=O)Nc1nc(C(=O)O)c(O)c2ncc(Cc3ccc(F)cc3)cc12. The molecule has 3 rings (SSSR count). The number of hydrogen-bond acceptors (Lipinski definition) is 8. The zero-order chi connectivity index (χ0) is 25.1. The van der Waals surface area contributed by atoms with Gasteiger partial charge in [0, 0.05) is 32.3 Å². The van der Waals surface area contributed by atoms with Gasteiger partial charge >= 0.3 is 5.97 Å². The van der Waals surface area contributed by atoms with Gasteiger partial charge in [0.05, 0.1) is 6.61 Å². The van der Waals surface area contributed by atoms with E-state index in [2.05, 4.69) is 20.6 Å². The van der Waals surface area contributed by atoms with Crippen molar-refractivity contribution >= 4 is 28.6 Å². The molecule has 182 valence electrons. The highest BCUT2D eigenvalue weighted by Crippen LogP contribution is 2.31. The number of ether oxygens (including phenoxy) is 2. The minimum absolute atomic E-state index is 0.0111. The van der Waals surface area contributed by atoms with Crippen LogP contribution in [0.4, 0.5) is 10.2 Å². The largest absolute Gasteiger partial charge is 0.504 e. The highest BCUT2D eigenvalue weighted by atomic mass is 19.1. The molecule has 4 N–H and O–H groups in total. The number of aromatic hydroxyl groups is 1. The summed E-state index contributed by atoms with van der Waals surface area (Å²) < 4.78 is 22.5. The fraction of sp³-hybridized carbons (Fsp3) is 0.304. The van der Waals surface area contributed by atoms with E-state index < -0.39 is 23.3 Å². The first kappa shape index (κ1) is 26.6. The Morgan fingerprint density at radius 1 is 1.12 bits per heavy atom. The van der Waals surface area contributed by atoms with Gasteiger partial charge in [-0.05, 0) is 42.8 Å². The standard InChI is InChI=1S/C19H16FN3O5.C4H11NO/c1-28-9-14(24)22-18-13-7-11(6-10-2-4-12(20)5-3-10)8-21-15(13)17(25)16(23-18)19(26)27;1-5-3-4-6-2/h2-5,7-8,25H,6,9H2,1H3,(H,26,27)(H,22,23,24);5H,3-4H2,1-2H3. The molecule has 11 heteroatoms. The third kappa shape index (κ3) is 7.44. The van der Waals surface area contributed by atoms with Gasteiger partial charge in [-0.25, -0.2) is 14.2 Å². The van der Waals surface area contributed by atoms with E-state index in [0.717, 1.165) is 18.7 Å². The molecule has 0 spiro atoms. The molecule has 0 fully saturated rings. The number of methoxy groups -OCH3 is 2. The Labute approximate surface area is 195 Å². The molecule has 0 bridgehead atoms. The fourth-order valence-electron chi connectivity index (χ4n) is 2.90. The summed E-state index contributed by atoms with van der Waals surface area (Å²) in [6.45, 7) is 1.49. The molecule has 0 saturated heterocycles. The van der Waals surface area contributed by atoms with E-state index in [9.17, 15) is 24.2 Å². The van der Waals surface area contributed by atoms with Gasteiger partial charge in [-0.1, -0.05) is 12.1 Å². The number of hydrogen-bond donors (Lipinski definition) is 4. The lowest BCUT2D eigenvalue weighted by Crippen LogP contribution is -2.19. The molecular formula is C23H27FN4O6. The van der Waals surface area contributed by atoms with Gasteiger partial charge in [0.25, 0.3) is 5.91 Å². The van der Waals surface area contributed by atoms with Gasteiger partial charge in [0.1, 0.15) is 23.8 Å². The van der Waals surface area contributed by atoms with Gasteiger partial charge in [-0.2, -0.15) is 0 Å². The first-order chi connectivity index (χ1) is 16.3. The number of amides is 1. The number of halogens is 1. The molecule has 0 radical (unpaired) electrons. The minimum Gasteiger partial charge on any atom is -0.504 e. The molecule has 3 aromatic rings. The van der Waals surface area contributed by atoms with Gasteiger partial charge in [0.2, 0.25) is 0 Å². The molecular weight excluding hydrogens is 447 g/mol. The summed E-state index contributed by atoms with van der Waals surface area (Å²) in [5, 5.41) is 25.1. The number of rotatable bonds is 9. The normalized spacial score (nSPS) is 10.5. The Hall–Kier alpha value is -3.67. The summed E-state index contributed by atoms with van der Waals surface area (Å²) in [6.07, 6.45) is 1.88. The van der Waals surface area contributed by atoms with Gasteiger partial charge < -0.3 is 30.3 Å². The molecule has 10 nitrogen and oxygen atoms in total. The van der Waals surface area contributed by atoms with Crippen LogP contribution in [0.1, 0.15) is 21.6 Å². The van der Waals surface area contributed by atoms with Crippen molar-refractivity contribution in [3.8, 4) is 5.75 Å². The number of anilines is 1. The number of aromatic carboxylic acids is 1. The number of nitrogens with zero attached hydrogens (tertiary/aromatic N) is 2. The van der Waals surface area contributed by atoms with Crippen LogP contribution in [0.25, 0.3) is 10.9 Å². The molecule has 34 heavy (non-hydrogen) atoms. The van der Waals surface area contributed by atoms with Crippen molar-refractivity contribution in [3.63, 3.8) is 0 Å². The monoisotopic (exact) mass is 474 g/mol. The van der Waals surface area contributed by atoms with Crippen LogP contribution in [-0.4, -0.2) is 73.1 Å². The Morgan fingerprint density at radius 2 is 1.82 bits per heavy atom. The van der Waals surface area contributed by atoms with E-state index >= 15 is 0 Å². The van der Waals surface area contributed by atoms with Crippen molar-refractivity contribution in [3.05, 3.63) is 59.2 Å². The molecule has 1 amide bonds. The zero-order valence-electron chi connectivity index (χ0n) is 19.1. The number of carboxylic acids is 1. The first-order valence-corrected chi connectivity index (χ1v) is 10.2. The second-order valence-corrected chi connectivity index (χ2v) is 7.08. The van der Waals surface area contributed by atoms with Crippen molar-refractivity contribution in [2.24, 2.45) is 0 Å². The number of nitrogens with one attached hydrogen (secondary N) is 2. The molecule has 0 saturated carbocycles. The van der Waals surface area contributed by atoms with Crippen molar-refractivity contribution in [1.29, 1.82) is 0 Å². The summed E-state index contributed by atoms with van der Waals surface area (Å²) in [4.78, 5) is 31.2. The number of pyridine rings is 2. The Bertz CT molecular complexity index is 1120. The van der Waals surface area contributed by atoms with E-state index in [0.29, 0.717) is 12.0 Å². The van der Waals surface area contributed by atoms with E-state index in [1.807, 2.05) is 7.05 Å². The van der Waals surface area contributed by atoms with Crippen LogP contribution in [0.5, 0.6) is 5.75 Å². The summed E-state index contributed by atoms with van der Waals surface area (Å²) in [7, 11) is 4.93. The second kappa shape index (κ2) is 13.1. The molecule has 0 aliphatic rings. The third-order valence-electron chi connectivity index (χ3n) is 4.49. The smallest absolute Gasteiger partial charge is 0.358 e.